The summed E-state index contributed by atoms with van der Waals surface area (Å²) in [6.45, 7) is 0. The molecule has 5 nitrogen and oxygen atoms in total. The van der Waals surface area contributed by atoms with Gasteiger partial charge in [0.25, 0.3) is 5.91 Å². The predicted molar refractivity (Wildman–Crippen MR) is 102 cm³/mol. The number of benzene rings is 2. The Balaban J connectivity index is 1.67. The number of fused-ring (bicyclic) bond motifs is 1. The molecule has 5 heteroatoms. The number of carbonyl (C=O) groups excluding carboxylic acids is 2. The minimum atomic E-state index is -0.696. The van der Waals surface area contributed by atoms with Crippen molar-refractivity contribution in [3.8, 4) is 0 Å². The highest BCUT2D eigenvalue weighted by molar-refractivity contribution is 6.07. The van der Waals surface area contributed by atoms with Crippen LogP contribution in [0, 0.1) is 0 Å². The van der Waals surface area contributed by atoms with Crippen molar-refractivity contribution in [3.05, 3.63) is 78.0 Å². The Labute approximate surface area is 152 Å². The molecule has 2 aromatic carbocycles. The zero-order valence-corrected chi connectivity index (χ0v) is 14.4. The van der Waals surface area contributed by atoms with E-state index in [0.29, 0.717) is 12.0 Å². The van der Waals surface area contributed by atoms with Crippen LogP contribution in [0.3, 0.4) is 0 Å². The summed E-state index contributed by atoms with van der Waals surface area (Å²) in [4.78, 5) is 28.7. The second-order valence-corrected chi connectivity index (χ2v) is 6.18. The average Bonchev–Trinajstić information content (AvgIpc) is 2.67. The maximum atomic E-state index is 12.7. The maximum Gasteiger partial charge on any atom is 0.252 e. The van der Waals surface area contributed by atoms with Gasteiger partial charge in [-0.05, 0) is 37.0 Å². The lowest BCUT2D eigenvalue weighted by atomic mass is 10.0. The zero-order chi connectivity index (χ0) is 18.4. The Morgan fingerprint density at radius 1 is 1.00 bits per heavy atom. The monoisotopic (exact) mass is 347 g/mol. The van der Waals surface area contributed by atoms with Gasteiger partial charge >= 0.3 is 0 Å². The molecule has 0 spiro atoms. The molecule has 3 aromatic rings. The third-order valence-electron chi connectivity index (χ3n) is 4.34. The van der Waals surface area contributed by atoms with E-state index >= 15 is 0 Å². The number of aryl methyl sites for hydroxylation is 1. The molecule has 1 aromatic heterocycles. The number of nitrogens with one attached hydrogen (secondary N) is 1. The lowest BCUT2D eigenvalue weighted by Crippen LogP contribution is -2.44. The predicted octanol–water partition coefficient (Wildman–Crippen LogP) is 2.84. The third kappa shape index (κ3) is 4.25. The summed E-state index contributed by atoms with van der Waals surface area (Å²) in [6.07, 6.45) is 3.68. The van der Waals surface area contributed by atoms with Crippen molar-refractivity contribution < 1.29 is 9.59 Å². The van der Waals surface area contributed by atoms with Crippen LogP contribution in [-0.2, 0) is 11.2 Å². The van der Waals surface area contributed by atoms with Crippen molar-refractivity contribution in [2.45, 2.75) is 25.3 Å². The molecule has 1 heterocycles. The van der Waals surface area contributed by atoms with Crippen LogP contribution in [0.1, 0.15) is 28.8 Å². The maximum absolute atomic E-state index is 12.7. The van der Waals surface area contributed by atoms with E-state index in [-0.39, 0.29) is 5.91 Å². The van der Waals surface area contributed by atoms with Crippen LogP contribution < -0.4 is 11.1 Å². The molecule has 0 fully saturated rings. The number of primary amides is 1. The number of aromatic nitrogens is 1. The van der Waals surface area contributed by atoms with Crippen molar-refractivity contribution >= 4 is 22.7 Å². The Bertz CT molecular complexity index is 904. The molecule has 2 amide bonds. The van der Waals surface area contributed by atoms with E-state index < -0.39 is 11.9 Å². The molecule has 3 N–H and O–H groups in total. The van der Waals surface area contributed by atoms with Crippen LogP contribution in [0.2, 0.25) is 0 Å². The zero-order valence-electron chi connectivity index (χ0n) is 14.4. The third-order valence-corrected chi connectivity index (χ3v) is 4.34. The van der Waals surface area contributed by atoms with Crippen LogP contribution in [0.25, 0.3) is 10.9 Å². The summed E-state index contributed by atoms with van der Waals surface area (Å²) < 4.78 is 0. The minimum Gasteiger partial charge on any atom is -0.368 e. The highest BCUT2D eigenvalue weighted by Gasteiger charge is 2.20. The molecule has 132 valence electrons. The van der Waals surface area contributed by atoms with E-state index in [1.165, 1.54) is 5.56 Å². The quantitative estimate of drug-likeness (QED) is 0.689. The summed E-state index contributed by atoms with van der Waals surface area (Å²) in [5.41, 5.74) is 7.91. The second-order valence-electron chi connectivity index (χ2n) is 6.18. The number of para-hydroxylation sites is 1. The van der Waals surface area contributed by atoms with Gasteiger partial charge in [0, 0.05) is 11.6 Å². The van der Waals surface area contributed by atoms with Crippen LogP contribution in [-0.4, -0.2) is 22.8 Å². The normalized spacial score (nSPS) is 11.8. The van der Waals surface area contributed by atoms with E-state index in [1.807, 2.05) is 54.6 Å². The van der Waals surface area contributed by atoms with Gasteiger partial charge in [-0.2, -0.15) is 0 Å². The first-order valence-electron chi connectivity index (χ1n) is 8.63. The summed E-state index contributed by atoms with van der Waals surface area (Å²) in [5.74, 6) is -0.836. The molecule has 0 saturated heterocycles. The Morgan fingerprint density at radius 2 is 1.73 bits per heavy atom. The number of hydrogen-bond donors (Lipinski definition) is 2. The highest BCUT2D eigenvalue weighted by Crippen LogP contribution is 2.16. The molecule has 26 heavy (non-hydrogen) atoms. The van der Waals surface area contributed by atoms with Gasteiger partial charge in [0.1, 0.15) is 6.04 Å². The van der Waals surface area contributed by atoms with Crippen LogP contribution in [0.5, 0.6) is 0 Å². The van der Waals surface area contributed by atoms with Gasteiger partial charge in [0.05, 0.1) is 11.1 Å². The van der Waals surface area contributed by atoms with Crippen molar-refractivity contribution in [1.82, 2.24) is 10.3 Å². The molecule has 0 saturated carbocycles. The number of rotatable bonds is 7. The SMILES string of the molecule is NC(=O)[C@@H](CCCc1ccccc1)NC(=O)c1ccnc2ccccc12. The van der Waals surface area contributed by atoms with Crippen LogP contribution >= 0.6 is 0 Å². The van der Waals surface area contributed by atoms with Crippen molar-refractivity contribution in [3.63, 3.8) is 0 Å². The fraction of sp³-hybridized carbons (Fsp3) is 0.190. The van der Waals surface area contributed by atoms with Crippen molar-refractivity contribution in [2.75, 3.05) is 0 Å². The fourth-order valence-corrected chi connectivity index (χ4v) is 2.97. The molecule has 0 aliphatic carbocycles. The minimum absolute atomic E-state index is 0.313. The average molecular weight is 347 g/mol. The molecular formula is C21H21N3O2. The largest absolute Gasteiger partial charge is 0.368 e. The number of nitrogens with zero attached hydrogens (tertiary/aromatic N) is 1. The Hall–Kier alpha value is -3.21. The van der Waals surface area contributed by atoms with Crippen LogP contribution in [0.15, 0.2) is 66.9 Å². The van der Waals surface area contributed by atoms with Gasteiger partial charge in [-0.15, -0.1) is 0 Å². The molecule has 3 rings (SSSR count). The van der Waals surface area contributed by atoms with Gasteiger partial charge in [0.2, 0.25) is 5.91 Å². The Kier molecular flexibility index (Phi) is 5.59. The fourth-order valence-electron chi connectivity index (χ4n) is 2.97. The molecule has 0 bridgehead atoms. The number of nitrogens with two attached hydrogens (primary N) is 1. The topological polar surface area (TPSA) is 85.1 Å². The number of pyridine rings is 1. The molecule has 0 unspecified atom stereocenters. The number of amides is 2. The van der Waals surface area contributed by atoms with Gasteiger partial charge < -0.3 is 11.1 Å². The standard InChI is InChI=1S/C21H21N3O2/c22-20(25)19(12-6-9-15-7-2-1-3-8-15)24-21(26)17-13-14-23-18-11-5-4-10-16(17)18/h1-5,7-8,10-11,13-14,19H,6,9,12H2,(H2,22,25)(H,24,26)/t19-/m1/s1. The van der Waals surface area contributed by atoms with E-state index in [0.717, 1.165) is 23.7 Å². The summed E-state index contributed by atoms with van der Waals surface area (Å²) >= 11 is 0. The molecular weight excluding hydrogens is 326 g/mol. The molecule has 1 atom stereocenters. The Morgan fingerprint density at radius 3 is 2.50 bits per heavy atom. The summed E-state index contributed by atoms with van der Waals surface area (Å²) in [7, 11) is 0. The highest BCUT2D eigenvalue weighted by atomic mass is 16.2. The second kappa shape index (κ2) is 8.25. The van der Waals surface area contributed by atoms with E-state index in [4.69, 9.17) is 5.73 Å². The van der Waals surface area contributed by atoms with Gasteiger partial charge in [-0.1, -0.05) is 48.5 Å². The van der Waals surface area contributed by atoms with E-state index in [2.05, 4.69) is 10.3 Å². The van der Waals surface area contributed by atoms with Crippen molar-refractivity contribution in [1.29, 1.82) is 0 Å². The van der Waals surface area contributed by atoms with Crippen LogP contribution in [0.4, 0.5) is 0 Å². The number of hydrogen-bond acceptors (Lipinski definition) is 3. The molecule has 0 aliphatic rings. The van der Waals surface area contributed by atoms with E-state index in [1.54, 1.807) is 12.3 Å². The lowest BCUT2D eigenvalue weighted by Gasteiger charge is -2.16. The van der Waals surface area contributed by atoms with Gasteiger partial charge in [-0.25, -0.2) is 0 Å². The first kappa shape index (κ1) is 17.6. The first-order valence-corrected chi connectivity index (χ1v) is 8.63. The first-order chi connectivity index (χ1) is 12.6. The smallest absolute Gasteiger partial charge is 0.252 e. The summed E-state index contributed by atoms with van der Waals surface area (Å²) in [6, 6.07) is 18.4. The van der Waals surface area contributed by atoms with Gasteiger partial charge in [0.15, 0.2) is 0 Å². The van der Waals surface area contributed by atoms with Crippen molar-refractivity contribution in [2.24, 2.45) is 5.73 Å². The lowest BCUT2D eigenvalue weighted by molar-refractivity contribution is -0.120. The summed E-state index contributed by atoms with van der Waals surface area (Å²) in [5, 5.41) is 3.52. The van der Waals surface area contributed by atoms with Gasteiger partial charge in [-0.3, -0.25) is 14.6 Å². The number of carbonyl (C=O) groups is 2. The van der Waals surface area contributed by atoms with E-state index in [9.17, 15) is 9.59 Å². The molecule has 0 radical (unpaired) electrons. The molecule has 0 aliphatic heterocycles.